The van der Waals surface area contributed by atoms with Crippen molar-refractivity contribution < 1.29 is 14.2 Å². The van der Waals surface area contributed by atoms with Gasteiger partial charge in [0, 0.05) is 29.0 Å². The van der Waals surface area contributed by atoms with Gasteiger partial charge in [0.2, 0.25) is 6.29 Å². The van der Waals surface area contributed by atoms with Gasteiger partial charge in [-0.1, -0.05) is 0 Å². The van der Waals surface area contributed by atoms with E-state index in [1.165, 1.54) is 0 Å². The smallest absolute Gasteiger partial charge is 0.201 e. The molecular formula is C24H28N4O3. The molecule has 162 valence electrons. The van der Waals surface area contributed by atoms with Crippen LogP contribution in [0, 0.1) is 6.92 Å². The fourth-order valence-electron chi connectivity index (χ4n) is 4.25. The van der Waals surface area contributed by atoms with Gasteiger partial charge in [0.1, 0.15) is 5.72 Å². The molecule has 2 aliphatic heterocycles. The molecule has 0 bridgehead atoms. The van der Waals surface area contributed by atoms with E-state index in [0.717, 1.165) is 58.9 Å². The third-order valence-electron chi connectivity index (χ3n) is 5.79. The second kappa shape index (κ2) is 8.07. The van der Waals surface area contributed by atoms with E-state index in [1.54, 1.807) is 0 Å². The number of pyridine rings is 2. The van der Waals surface area contributed by atoms with Crippen LogP contribution in [0.2, 0.25) is 0 Å². The van der Waals surface area contributed by atoms with Gasteiger partial charge in [-0.25, -0.2) is 0 Å². The zero-order valence-corrected chi connectivity index (χ0v) is 18.2. The summed E-state index contributed by atoms with van der Waals surface area (Å²) in [7, 11) is 0. The van der Waals surface area contributed by atoms with Gasteiger partial charge in [-0.05, 0) is 63.6 Å². The lowest BCUT2D eigenvalue weighted by Gasteiger charge is -2.43. The number of fused-ring (bicyclic) bond motifs is 1. The van der Waals surface area contributed by atoms with Gasteiger partial charge in [0.25, 0.3) is 0 Å². The molecule has 31 heavy (non-hydrogen) atoms. The van der Waals surface area contributed by atoms with E-state index in [9.17, 15) is 0 Å². The van der Waals surface area contributed by atoms with Crippen molar-refractivity contribution in [3.05, 3.63) is 54.0 Å². The highest BCUT2D eigenvalue weighted by molar-refractivity contribution is 5.95. The first-order valence-corrected chi connectivity index (χ1v) is 10.8. The summed E-state index contributed by atoms with van der Waals surface area (Å²) in [6.07, 6.45) is 2.47. The van der Waals surface area contributed by atoms with E-state index in [4.69, 9.17) is 19.2 Å². The fraction of sp³-hybridized carbons (Fsp3) is 0.417. The van der Waals surface area contributed by atoms with Crippen LogP contribution in [0.25, 0.3) is 10.9 Å². The molecule has 7 heteroatoms. The van der Waals surface area contributed by atoms with Crippen LogP contribution >= 0.6 is 0 Å². The molecule has 1 aromatic carbocycles. The first kappa shape index (κ1) is 20.2. The van der Waals surface area contributed by atoms with Gasteiger partial charge in [-0.2, -0.15) is 0 Å². The molecule has 0 aliphatic carbocycles. The predicted octanol–water partition coefficient (Wildman–Crippen LogP) is 4.69. The zero-order chi connectivity index (χ0) is 21.4. The van der Waals surface area contributed by atoms with E-state index in [0.29, 0.717) is 13.2 Å². The van der Waals surface area contributed by atoms with Gasteiger partial charge in [0.15, 0.2) is 0 Å². The molecule has 0 radical (unpaired) electrons. The Morgan fingerprint density at radius 1 is 1.06 bits per heavy atom. The number of nitrogens with zero attached hydrogens (tertiary/aromatic N) is 3. The topological polar surface area (TPSA) is 68.7 Å². The Labute approximate surface area is 182 Å². The molecule has 0 amide bonds. The summed E-state index contributed by atoms with van der Waals surface area (Å²) in [6, 6.07) is 12.4. The first-order chi connectivity index (χ1) is 15.0. The summed E-state index contributed by atoms with van der Waals surface area (Å²) in [4.78, 5) is 11.6. The minimum absolute atomic E-state index is 0.332. The highest BCUT2D eigenvalue weighted by atomic mass is 16.7. The van der Waals surface area contributed by atoms with Gasteiger partial charge in [-0.3, -0.25) is 9.97 Å². The molecule has 2 saturated heterocycles. The normalized spacial score (nSPS) is 19.1. The molecule has 7 nitrogen and oxygen atoms in total. The second-order valence-electron chi connectivity index (χ2n) is 8.48. The minimum Gasteiger partial charge on any atom is -0.356 e. The molecule has 3 aromatic rings. The van der Waals surface area contributed by atoms with E-state index < -0.39 is 0 Å². The average Bonchev–Trinajstić information content (AvgIpc) is 3.29. The molecule has 2 aliphatic rings. The van der Waals surface area contributed by atoms with Crippen molar-refractivity contribution in [2.75, 3.05) is 36.6 Å². The standard InChI is InChI=1S/C24H28N4O3/c1-16-13-22(27-17-5-7-21(25-15-17)23-29-11-12-30-23)19-14-18(6-8-20(19)26-16)28-9-4-10-31-24(28,2)3/h5-8,13-15,23H,4,9-12H2,1-3H3,(H,26,27). The van der Waals surface area contributed by atoms with Crippen LogP contribution in [0.1, 0.15) is 37.9 Å². The Balaban J connectivity index is 1.47. The van der Waals surface area contributed by atoms with Crippen molar-refractivity contribution in [2.24, 2.45) is 0 Å². The van der Waals surface area contributed by atoms with E-state index >= 15 is 0 Å². The highest BCUT2D eigenvalue weighted by Crippen LogP contribution is 2.34. The van der Waals surface area contributed by atoms with Crippen molar-refractivity contribution >= 4 is 28.0 Å². The van der Waals surface area contributed by atoms with Crippen LogP contribution in [0.15, 0.2) is 42.6 Å². The first-order valence-electron chi connectivity index (χ1n) is 10.8. The molecule has 2 fully saturated rings. The van der Waals surface area contributed by atoms with Gasteiger partial charge in [0.05, 0.1) is 42.9 Å². The van der Waals surface area contributed by atoms with Crippen molar-refractivity contribution in [3.8, 4) is 0 Å². The Hall–Kier alpha value is -2.74. The highest BCUT2D eigenvalue weighted by Gasteiger charge is 2.31. The molecule has 5 rings (SSSR count). The maximum Gasteiger partial charge on any atom is 0.201 e. The lowest BCUT2D eigenvalue weighted by atomic mass is 10.1. The Bertz CT molecular complexity index is 1080. The monoisotopic (exact) mass is 420 g/mol. The van der Waals surface area contributed by atoms with Gasteiger partial charge >= 0.3 is 0 Å². The molecule has 0 unspecified atom stereocenters. The van der Waals surface area contributed by atoms with Crippen molar-refractivity contribution in [3.63, 3.8) is 0 Å². The Morgan fingerprint density at radius 3 is 2.65 bits per heavy atom. The van der Waals surface area contributed by atoms with Crippen LogP contribution in [0.4, 0.5) is 17.1 Å². The number of aryl methyl sites for hydroxylation is 1. The number of hydrogen-bond donors (Lipinski definition) is 1. The minimum atomic E-state index is -0.365. The van der Waals surface area contributed by atoms with Gasteiger partial charge < -0.3 is 24.4 Å². The molecule has 0 atom stereocenters. The predicted molar refractivity (Wildman–Crippen MR) is 121 cm³/mol. The summed E-state index contributed by atoms with van der Waals surface area (Å²) < 4.78 is 17.1. The maximum atomic E-state index is 6.01. The number of benzene rings is 1. The lowest BCUT2D eigenvalue weighted by Crippen LogP contribution is -2.50. The van der Waals surface area contributed by atoms with Crippen LogP contribution < -0.4 is 10.2 Å². The van der Waals surface area contributed by atoms with E-state index in [2.05, 4.69) is 53.3 Å². The van der Waals surface area contributed by atoms with Crippen molar-refractivity contribution in [1.29, 1.82) is 0 Å². The Kier molecular flexibility index (Phi) is 5.25. The third-order valence-corrected chi connectivity index (χ3v) is 5.79. The molecule has 1 N–H and O–H groups in total. The summed E-state index contributed by atoms with van der Waals surface area (Å²) >= 11 is 0. The largest absolute Gasteiger partial charge is 0.356 e. The van der Waals surface area contributed by atoms with Crippen LogP contribution in [0.5, 0.6) is 0 Å². The number of hydrogen-bond acceptors (Lipinski definition) is 7. The summed E-state index contributed by atoms with van der Waals surface area (Å²) in [5.74, 6) is 0. The van der Waals surface area contributed by atoms with Crippen LogP contribution in [-0.2, 0) is 14.2 Å². The molecule has 0 saturated carbocycles. The third kappa shape index (κ3) is 4.08. The average molecular weight is 421 g/mol. The zero-order valence-electron chi connectivity index (χ0n) is 18.2. The Morgan fingerprint density at radius 2 is 1.90 bits per heavy atom. The molecule has 4 heterocycles. The fourth-order valence-corrected chi connectivity index (χ4v) is 4.25. The van der Waals surface area contributed by atoms with Crippen LogP contribution in [-0.4, -0.2) is 42.1 Å². The number of anilines is 3. The number of aromatic nitrogens is 2. The summed E-state index contributed by atoms with van der Waals surface area (Å²) in [5, 5.41) is 4.59. The molecular weight excluding hydrogens is 392 g/mol. The number of rotatable bonds is 4. The summed E-state index contributed by atoms with van der Waals surface area (Å²) in [6.45, 7) is 9.23. The number of ether oxygens (including phenoxy) is 3. The second-order valence-corrected chi connectivity index (χ2v) is 8.48. The van der Waals surface area contributed by atoms with Crippen molar-refractivity contribution in [2.45, 2.75) is 39.2 Å². The molecule has 2 aromatic heterocycles. The van der Waals surface area contributed by atoms with Crippen LogP contribution in [0.3, 0.4) is 0 Å². The quantitative estimate of drug-likeness (QED) is 0.657. The summed E-state index contributed by atoms with van der Waals surface area (Å²) in [5.41, 5.74) is 5.41. The lowest BCUT2D eigenvalue weighted by molar-refractivity contribution is -0.0472. The maximum absolute atomic E-state index is 6.01. The SMILES string of the molecule is Cc1cc(Nc2ccc(C3OCCO3)nc2)c2cc(N3CCCOC3(C)C)ccc2n1. The van der Waals surface area contributed by atoms with Gasteiger partial charge in [-0.15, -0.1) is 0 Å². The van der Waals surface area contributed by atoms with E-state index in [1.807, 2.05) is 25.3 Å². The number of nitrogens with one attached hydrogen (secondary N) is 1. The molecule has 0 spiro atoms. The van der Waals surface area contributed by atoms with Crippen molar-refractivity contribution in [1.82, 2.24) is 9.97 Å². The van der Waals surface area contributed by atoms with E-state index in [-0.39, 0.29) is 12.0 Å².